The maximum absolute atomic E-state index is 6.83. The van der Waals surface area contributed by atoms with Crippen molar-refractivity contribution >= 4 is 22.5 Å². The maximum Gasteiger partial charge on any atom is 0.212 e. The first-order chi connectivity index (χ1) is 12.6. The van der Waals surface area contributed by atoms with E-state index >= 15 is 0 Å². The molecule has 26 heavy (non-hydrogen) atoms. The van der Waals surface area contributed by atoms with Crippen molar-refractivity contribution in [1.29, 1.82) is 0 Å². The van der Waals surface area contributed by atoms with Gasteiger partial charge in [-0.15, -0.1) is 0 Å². The molecule has 1 atom stereocenters. The zero-order chi connectivity index (χ0) is 17.9. The van der Waals surface area contributed by atoms with E-state index in [0.29, 0.717) is 0 Å². The van der Waals surface area contributed by atoms with Crippen LogP contribution in [0.1, 0.15) is 31.9 Å². The van der Waals surface area contributed by atoms with E-state index in [1.807, 2.05) is 0 Å². The molecule has 1 unspecified atom stereocenters. The van der Waals surface area contributed by atoms with Gasteiger partial charge >= 0.3 is 0 Å². The van der Waals surface area contributed by atoms with Gasteiger partial charge in [0.15, 0.2) is 0 Å². The van der Waals surface area contributed by atoms with Crippen LogP contribution >= 0.6 is 0 Å². The predicted molar refractivity (Wildman–Crippen MR) is 109 cm³/mol. The van der Waals surface area contributed by atoms with Crippen LogP contribution in [0.15, 0.2) is 66.7 Å². The van der Waals surface area contributed by atoms with Crippen LogP contribution in [-0.2, 0) is 5.41 Å². The fourth-order valence-electron chi connectivity index (χ4n) is 4.77. The summed E-state index contributed by atoms with van der Waals surface area (Å²) in [6.07, 6.45) is 4.53. The van der Waals surface area contributed by atoms with Gasteiger partial charge in [0.2, 0.25) is 5.72 Å². The van der Waals surface area contributed by atoms with E-state index in [9.17, 15) is 0 Å². The second-order valence-electron chi connectivity index (χ2n) is 7.72. The van der Waals surface area contributed by atoms with Gasteiger partial charge < -0.3 is 9.64 Å². The largest absolute Gasteiger partial charge is 0.463 e. The zero-order valence-electron chi connectivity index (χ0n) is 15.5. The van der Waals surface area contributed by atoms with Crippen LogP contribution in [0.2, 0.25) is 0 Å². The molecule has 2 aliphatic heterocycles. The third-order valence-electron chi connectivity index (χ3n) is 6.15. The van der Waals surface area contributed by atoms with E-state index in [1.54, 1.807) is 0 Å². The molecular formula is C24H23NO. The Kier molecular flexibility index (Phi) is 3.06. The second kappa shape index (κ2) is 5.14. The number of ether oxygens (including phenoxy) is 1. The SMILES string of the molecule is CCN1c2ccccc2C(C)(C)C12C=Cc1c(ccc3ccccc13)O2. The second-order valence-corrected chi connectivity index (χ2v) is 7.72. The number of para-hydroxylation sites is 1. The van der Waals surface area contributed by atoms with Crippen molar-refractivity contribution in [2.75, 3.05) is 11.4 Å². The summed E-state index contributed by atoms with van der Waals surface area (Å²) >= 11 is 0. The Balaban J connectivity index is 1.73. The predicted octanol–water partition coefficient (Wildman–Crippen LogP) is 5.76. The van der Waals surface area contributed by atoms with Crippen molar-refractivity contribution in [1.82, 2.24) is 0 Å². The number of benzene rings is 3. The van der Waals surface area contributed by atoms with Crippen LogP contribution in [0.3, 0.4) is 0 Å². The summed E-state index contributed by atoms with van der Waals surface area (Å²) in [6, 6.07) is 21.5. The minimum Gasteiger partial charge on any atom is -0.463 e. The van der Waals surface area contributed by atoms with Crippen molar-refractivity contribution in [3.63, 3.8) is 0 Å². The van der Waals surface area contributed by atoms with Crippen LogP contribution in [0.5, 0.6) is 5.75 Å². The van der Waals surface area contributed by atoms with Gasteiger partial charge in [0.25, 0.3) is 0 Å². The molecule has 2 heterocycles. The highest BCUT2D eigenvalue weighted by Gasteiger charge is 2.58. The topological polar surface area (TPSA) is 12.5 Å². The Bertz CT molecular complexity index is 1050. The number of likely N-dealkylation sites (N-methyl/N-ethyl adjacent to an activating group) is 1. The van der Waals surface area contributed by atoms with Crippen LogP contribution in [0.4, 0.5) is 5.69 Å². The molecule has 0 saturated carbocycles. The van der Waals surface area contributed by atoms with Gasteiger partial charge in [-0.1, -0.05) is 48.5 Å². The fraction of sp³-hybridized carbons (Fsp3) is 0.250. The van der Waals surface area contributed by atoms with Crippen molar-refractivity contribution in [3.05, 3.63) is 77.9 Å². The third-order valence-corrected chi connectivity index (χ3v) is 6.15. The minimum atomic E-state index is -0.499. The molecule has 2 aliphatic rings. The number of anilines is 1. The first kappa shape index (κ1) is 15.5. The summed E-state index contributed by atoms with van der Waals surface area (Å²) in [6.45, 7) is 7.68. The number of hydrogen-bond acceptors (Lipinski definition) is 2. The lowest BCUT2D eigenvalue weighted by Crippen LogP contribution is -2.59. The summed E-state index contributed by atoms with van der Waals surface area (Å²) in [7, 11) is 0. The summed E-state index contributed by atoms with van der Waals surface area (Å²) < 4.78 is 6.83. The highest BCUT2D eigenvalue weighted by molar-refractivity contribution is 5.94. The van der Waals surface area contributed by atoms with Crippen LogP contribution < -0.4 is 9.64 Å². The van der Waals surface area contributed by atoms with E-state index in [2.05, 4.69) is 98.5 Å². The lowest BCUT2D eigenvalue weighted by Gasteiger charge is -2.47. The van der Waals surface area contributed by atoms with E-state index < -0.39 is 5.72 Å². The zero-order valence-corrected chi connectivity index (χ0v) is 15.5. The molecule has 1 spiro atoms. The Hall–Kier alpha value is -2.74. The average Bonchev–Trinajstić information content (AvgIpc) is 2.85. The molecule has 3 aromatic rings. The number of rotatable bonds is 1. The monoisotopic (exact) mass is 341 g/mol. The number of nitrogens with zero attached hydrogens (tertiary/aromatic N) is 1. The van der Waals surface area contributed by atoms with Gasteiger partial charge in [-0.05, 0) is 61.4 Å². The summed E-state index contributed by atoms with van der Waals surface area (Å²) in [5.41, 5.74) is 3.14. The van der Waals surface area contributed by atoms with Gasteiger partial charge in [0.1, 0.15) is 5.75 Å². The molecule has 0 bridgehead atoms. The van der Waals surface area contributed by atoms with E-state index in [0.717, 1.165) is 12.3 Å². The highest BCUT2D eigenvalue weighted by atomic mass is 16.5. The number of fused-ring (bicyclic) bond motifs is 4. The molecule has 0 aromatic heterocycles. The van der Waals surface area contributed by atoms with Gasteiger partial charge in [-0.3, -0.25) is 0 Å². The molecule has 0 aliphatic carbocycles. The third kappa shape index (κ3) is 1.77. The molecule has 0 saturated heterocycles. The molecule has 5 rings (SSSR count). The van der Waals surface area contributed by atoms with Crippen molar-refractivity contribution in [2.45, 2.75) is 31.9 Å². The van der Waals surface area contributed by atoms with E-state index in [4.69, 9.17) is 4.74 Å². The standard InChI is InChI=1S/C24H23NO/c1-4-25-21-12-8-7-11-20(21)23(2,3)24(25)16-15-19-18-10-6-5-9-17(18)13-14-22(19)26-24/h5-16H,4H2,1-3H3. The van der Waals surface area contributed by atoms with Crippen molar-refractivity contribution in [3.8, 4) is 5.75 Å². The highest BCUT2D eigenvalue weighted by Crippen LogP contribution is 2.55. The molecule has 2 nitrogen and oxygen atoms in total. The molecule has 3 aromatic carbocycles. The summed E-state index contributed by atoms with van der Waals surface area (Å²) in [4.78, 5) is 2.40. The Morgan fingerprint density at radius 1 is 0.923 bits per heavy atom. The smallest absolute Gasteiger partial charge is 0.212 e. The molecule has 0 amide bonds. The summed E-state index contributed by atoms with van der Waals surface area (Å²) in [5, 5.41) is 2.49. The quantitative estimate of drug-likeness (QED) is 0.558. The first-order valence-electron chi connectivity index (χ1n) is 9.35. The molecule has 0 N–H and O–H groups in total. The van der Waals surface area contributed by atoms with Crippen LogP contribution in [0.25, 0.3) is 16.8 Å². The maximum atomic E-state index is 6.83. The summed E-state index contributed by atoms with van der Waals surface area (Å²) in [5.74, 6) is 0.963. The van der Waals surface area contributed by atoms with E-state index in [1.165, 1.54) is 27.6 Å². The van der Waals surface area contributed by atoms with Crippen LogP contribution in [-0.4, -0.2) is 12.3 Å². The van der Waals surface area contributed by atoms with Crippen LogP contribution in [0, 0.1) is 0 Å². The minimum absolute atomic E-state index is 0.153. The fourth-order valence-corrected chi connectivity index (χ4v) is 4.77. The molecule has 130 valence electrons. The lowest BCUT2D eigenvalue weighted by atomic mass is 9.76. The molecule has 0 fully saturated rings. The van der Waals surface area contributed by atoms with Gasteiger partial charge in [0, 0.05) is 17.8 Å². The molecule has 0 radical (unpaired) electrons. The lowest BCUT2D eigenvalue weighted by molar-refractivity contribution is 0.0546. The Morgan fingerprint density at radius 2 is 1.69 bits per heavy atom. The Labute approximate surface area is 154 Å². The Morgan fingerprint density at radius 3 is 2.54 bits per heavy atom. The van der Waals surface area contributed by atoms with E-state index in [-0.39, 0.29) is 5.41 Å². The molecule has 2 heteroatoms. The number of hydrogen-bond donors (Lipinski definition) is 0. The normalized spacial score (nSPS) is 22.3. The van der Waals surface area contributed by atoms with Gasteiger partial charge in [-0.25, -0.2) is 0 Å². The van der Waals surface area contributed by atoms with Crippen molar-refractivity contribution in [2.24, 2.45) is 0 Å². The first-order valence-corrected chi connectivity index (χ1v) is 9.35. The average molecular weight is 341 g/mol. The van der Waals surface area contributed by atoms with Gasteiger partial charge in [0.05, 0.1) is 5.41 Å². The van der Waals surface area contributed by atoms with Gasteiger partial charge in [-0.2, -0.15) is 0 Å². The van der Waals surface area contributed by atoms with Crippen molar-refractivity contribution < 1.29 is 4.74 Å². The molecular weight excluding hydrogens is 318 g/mol.